The van der Waals surface area contributed by atoms with Crippen molar-refractivity contribution in [1.82, 2.24) is 4.90 Å². The normalized spacial score (nSPS) is 24.7. The Morgan fingerprint density at radius 1 is 1.38 bits per heavy atom. The van der Waals surface area contributed by atoms with Crippen molar-refractivity contribution in [3.8, 4) is 0 Å². The molecule has 0 saturated carbocycles. The standard InChI is InChI=1S/C15H17NO4S/c17-14(18)7-10-8-16(5-6-20-10)15(19)12-9-21-13-4-2-1-3-11(12)13/h1-4,10,12H,5-9H2,(H,17,18)/t10-,12+/m0/s1. The first-order valence-electron chi connectivity index (χ1n) is 6.99. The third kappa shape index (κ3) is 3.06. The molecule has 0 aliphatic carbocycles. The number of morpholine rings is 1. The van der Waals surface area contributed by atoms with Crippen LogP contribution in [0.1, 0.15) is 17.9 Å². The molecule has 1 saturated heterocycles. The maximum atomic E-state index is 12.7. The third-order valence-electron chi connectivity index (χ3n) is 3.85. The quantitative estimate of drug-likeness (QED) is 0.918. The molecule has 3 rings (SSSR count). The van der Waals surface area contributed by atoms with Gasteiger partial charge < -0.3 is 14.7 Å². The molecule has 1 N–H and O–H groups in total. The van der Waals surface area contributed by atoms with Crippen LogP contribution < -0.4 is 0 Å². The van der Waals surface area contributed by atoms with Crippen LogP contribution in [0.3, 0.4) is 0 Å². The molecule has 1 aromatic rings. The number of carbonyl (C=O) groups is 2. The van der Waals surface area contributed by atoms with Gasteiger partial charge in [0.05, 0.1) is 25.0 Å². The van der Waals surface area contributed by atoms with Gasteiger partial charge in [-0.1, -0.05) is 18.2 Å². The zero-order valence-corrected chi connectivity index (χ0v) is 12.3. The second kappa shape index (κ2) is 6.07. The first-order valence-corrected chi connectivity index (χ1v) is 7.97. The Kier molecular flexibility index (Phi) is 4.17. The minimum absolute atomic E-state index is 0.0558. The fourth-order valence-electron chi connectivity index (χ4n) is 2.83. The van der Waals surface area contributed by atoms with E-state index in [1.807, 2.05) is 24.3 Å². The van der Waals surface area contributed by atoms with Crippen molar-refractivity contribution in [1.29, 1.82) is 0 Å². The van der Waals surface area contributed by atoms with Gasteiger partial charge in [0.15, 0.2) is 0 Å². The van der Waals surface area contributed by atoms with Gasteiger partial charge in [-0.25, -0.2) is 0 Å². The minimum atomic E-state index is -0.893. The molecule has 1 fully saturated rings. The third-order valence-corrected chi connectivity index (χ3v) is 5.03. The highest BCUT2D eigenvalue weighted by atomic mass is 32.2. The van der Waals surface area contributed by atoms with Gasteiger partial charge in [0.1, 0.15) is 0 Å². The number of amides is 1. The van der Waals surface area contributed by atoms with E-state index in [0.717, 1.165) is 11.3 Å². The number of hydrogen-bond donors (Lipinski definition) is 1. The second-order valence-corrected chi connectivity index (χ2v) is 6.34. The van der Waals surface area contributed by atoms with Crippen LogP contribution in [0.15, 0.2) is 29.2 Å². The van der Waals surface area contributed by atoms with Gasteiger partial charge in [0.2, 0.25) is 5.91 Å². The van der Waals surface area contributed by atoms with E-state index < -0.39 is 12.1 Å². The molecule has 0 bridgehead atoms. The van der Waals surface area contributed by atoms with E-state index in [0.29, 0.717) is 19.7 Å². The summed E-state index contributed by atoms with van der Waals surface area (Å²) < 4.78 is 5.42. The summed E-state index contributed by atoms with van der Waals surface area (Å²) in [5.41, 5.74) is 1.09. The van der Waals surface area contributed by atoms with Gasteiger partial charge in [-0.2, -0.15) is 0 Å². The Balaban J connectivity index is 1.70. The summed E-state index contributed by atoms with van der Waals surface area (Å²) in [6, 6.07) is 7.99. The van der Waals surface area contributed by atoms with Crippen molar-refractivity contribution in [3.05, 3.63) is 29.8 Å². The first-order chi connectivity index (χ1) is 10.1. The summed E-state index contributed by atoms with van der Waals surface area (Å²) in [4.78, 5) is 26.4. The zero-order chi connectivity index (χ0) is 14.8. The Bertz CT molecular complexity index is 562. The summed E-state index contributed by atoms with van der Waals surface area (Å²) in [5, 5.41) is 8.85. The maximum Gasteiger partial charge on any atom is 0.306 e. The number of thioether (sulfide) groups is 1. The van der Waals surface area contributed by atoms with Crippen molar-refractivity contribution < 1.29 is 19.4 Å². The second-order valence-electron chi connectivity index (χ2n) is 5.28. The monoisotopic (exact) mass is 307 g/mol. The molecule has 0 aromatic heterocycles. The van der Waals surface area contributed by atoms with Gasteiger partial charge in [-0.15, -0.1) is 11.8 Å². The van der Waals surface area contributed by atoms with Crippen molar-refractivity contribution in [2.24, 2.45) is 0 Å². The van der Waals surface area contributed by atoms with Crippen molar-refractivity contribution in [2.75, 3.05) is 25.4 Å². The van der Waals surface area contributed by atoms with Crippen molar-refractivity contribution >= 4 is 23.6 Å². The van der Waals surface area contributed by atoms with Crippen LogP contribution in [0.5, 0.6) is 0 Å². The maximum absolute atomic E-state index is 12.7. The van der Waals surface area contributed by atoms with Gasteiger partial charge in [-0.05, 0) is 11.6 Å². The number of ether oxygens (including phenoxy) is 1. The topological polar surface area (TPSA) is 66.8 Å². The lowest BCUT2D eigenvalue weighted by Crippen LogP contribution is -2.48. The molecule has 0 spiro atoms. The number of carboxylic acids is 1. The number of benzene rings is 1. The molecule has 0 radical (unpaired) electrons. The Morgan fingerprint density at radius 2 is 2.19 bits per heavy atom. The van der Waals surface area contributed by atoms with Crippen LogP contribution >= 0.6 is 11.8 Å². The molecule has 2 atom stereocenters. The fraction of sp³-hybridized carbons (Fsp3) is 0.467. The van der Waals surface area contributed by atoms with Crippen LogP contribution in [0.2, 0.25) is 0 Å². The largest absolute Gasteiger partial charge is 0.481 e. The zero-order valence-electron chi connectivity index (χ0n) is 11.5. The summed E-state index contributed by atoms with van der Waals surface area (Å²) in [7, 11) is 0. The lowest BCUT2D eigenvalue weighted by atomic mass is 9.99. The molecule has 1 amide bonds. The summed E-state index contributed by atoms with van der Waals surface area (Å²) in [6.45, 7) is 1.32. The molecule has 112 valence electrons. The molecular weight excluding hydrogens is 290 g/mol. The van der Waals surface area contributed by atoms with Crippen LogP contribution in [0.25, 0.3) is 0 Å². The van der Waals surface area contributed by atoms with E-state index in [9.17, 15) is 9.59 Å². The predicted octanol–water partition coefficient (Wildman–Crippen LogP) is 1.58. The molecule has 2 heterocycles. The Labute approximate surface area is 127 Å². The van der Waals surface area contributed by atoms with E-state index in [1.54, 1.807) is 16.7 Å². The molecule has 6 heteroatoms. The molecule has 1 aromatic carbocycles. The van der Waals surface area contributed by atoms with E-state index in [1.165, 1.54) is 4.90 Å². The molecule has 21 heavy (non-hydrogen) atoms. The number of carboxylic acid groups (broad SMARTS) is 1. The van der Waals surface area contributed by atoms with Crippen LogP contribution in [-0.4, -0.2) is 53.4 Å². The van der Waals surface area contributed by atoms with E-state index >= 15 is 0 Å². The number of rotatable bonds is 3. The molecular formula is C15H17NO4S. The van der Waals surface area contributed by atoms with Crippen LogP contribution in [0, 0.1) is 0 Å². The van der Waals surface area contributed by atoms with Gasteiger partial charge in [0.25, 0.3) is 0 Å². The number of fused-ring (bicyclic) bond motifs is 1. The highest BCUT2D eigenvalue weighted by Crippen LogP contribution is 2.40. The molecule has 2 aliphatic rings. The first kappa shape index (κ1) is 14.4. The van der Waals surface area contributed by atoms with E-state index in [-0.39, 0.29) is 18.2 Å². The molecule has 5 nitrogen and oxygen atoms in total. The number of carbonyl (C=O) groups excluding carboxylic acids is 1. The molecule has 0 unspecified atom stereocenters. The summed E-state index contributed by atoms with van der Waals surface area (Å²) in [6.07, 6.45) is -0.454. The van der Waals surface area contributed by atoms with E-state index in [2.05, 4.69) is 0 Å². The lowest BCUT2D eigenvalue weighted by Gasteiger charge is -2.34. The van der Waals surface area contributed by atoms with Gasteiger partial charge in [-0.3, -0.25) is 9.59 Å². The predicted molar refractivity (Wildman–Crippen MR) is 78.5 cm³/mol. The number of hydrogen-bond acceptors (Lipinski definition) is 4. The number of nitrogens with zero attached hydrogens (tertiary/aromatic N) is 1. The van der Waals surface area contributed by atoms with Crippen molar-refractivity contribution in [3.63, 3.8) is 0 Å². The highest BCUT2D eigenvalue weighted by molar-refractivity contribution is 7.99. The fourth-order valence-corrected chi connectivity index (χ4v) is 4.05. The van der Waals surface area contributed by atoms with Crippen LogP contribution in [0.4, 0.5) is 0 Å². The Morgan fingerprint density at radius 3 is 3.00 bits per heavy atom. The van der Waals surface area contributed by atoms with E-state index in [4.69, 9.17) is 9.84 Å². The van der Waals surface area contributed by atoms with Gasteiger partial charge >= 0.3 is 5.97 Å². The SMILES string of the molecule is O=C(O)C[C@H]1CN(C(=O)[C@@H]2CSc3ccccc32)CCO1. The summed E-state index contributed by atoms with van der Waals surface area (Å²) in [5.74, 6) is -0.156. The molecule has 2 aliphatic heterocycles. The summed E-state index contributed by atoms with van der Waals surface area (Å²) >= 11 is 1.71. The minimum Gasteiger partial charge on any atom is -0.481 e. The Hall–Kier alpha value is -1.53. The lowest BCUT2D eigenvalue weighted by molar-refractivity contribution is -0.148. The highest BCUT2D eigenvalue weighted by Gasteiger charge is 2.34. The smallest absolute Gasteiger partial charge is 0.306 e. The van der Waals surface area contributed by atoms with Crippen molar-refractivity contribution in [2.45, 2.75) is 23.3 Å². The average Bonchev–Trinajstić information content (AvgIpc) is 2.90. The average molecular weight is 307 g/mol. The number of aliphatic carboxylic acids is 1. The van der Waals surface area contributed by atoms with Crippen LogP contribution in [-0.2, 0) is 14.3 Å². The van der Waals surface area contributed by atoms with Gasteiger partial charge in [0, 0.05) is 23.7 Å².